The van der Waals surface area contributed by atoms with Gasteiger partial charge in [-0.2, -0.15) is 12.6 Å². The lowest BCUT2D eigenvalue weighted by Crippen LogP contribution is -2.64. The average Bonchev–Trinajstić information content (AvgIpc) is 3.10. The maximum Gasteiger partial charge on any atom is 0.244 e. The van der Waals surface area contributed by atoms with Crippen molar-refractivity contribution in [3.63, 3.8) is 0 Å². The molecule has 0 spiro atoms. The highest BCUT2D eigenvalue weighted by atomic mass is 32.1. The van der Waals surface area contributed by atoms with E-state index >= 15 is 0 Å². The Labute approximate surface area is 325 Å². The molecule has 302 valence electrons. The minimum atomic E-state index is -1.29. The standard InChI is InChI=1S/C38H63N9O6S/c1-9-22(5)28-34(51)44-27(20-24-15-12-11-13-16-24)33(50)47-30(38(7,8)54)36(53)42-25(17-14-18-41-37(39)40)31(48)43-26(19-21(3)4)32(49)45-29(23(6)10-2)35(52)46-28/h11-13,15-16,21-23,25-30,54H,9-10,14,17-20H2,1-8H3,(H,42,53)(H,43,48)(H,44,51)(H,45,49)(H,46,52)(H,47,50)(H4,39,40,41)/t22-,23-,25-,26-,27-,28-,29-,30+/m0/s1. The predicted octanol–water partition coefficient (Wildman–Crippen LogP) is 1.05. The van der Waals surface area contributed by atoms with Gasteiger partial charge in [-0.15, -0.1) is 0 Å². The molecule has 0 bridgehead atoms. The summed E-state index contributed by atoms with van der Waals surface area (Å²) in [7, 11) is 0. The molecule has 8 atom stereocenters. The molecule has 1 aliphatic heterocycles. The second-order valence-corrected chi connectivity index (χ2v) is 16.4. The fourth-order valence-corrected chi connectivity index (χ4v) is 6.21. The summed E-state index contributed by atoms with van der Waals surface area (Å²) < 4.78 is -1.15. The van der Waals surface area contributed by atoms with E-state index in [4.69, 9.17) is 11.5 Å². The van der Waals surface area contributed by atoms with Gasteiger partial charge in [0.1, 0.15) is 36.3 Å². The fourth-order valence-electron chi connectivity index (χ4n) is 6.03. The van der Waals surface area contributed by atoms with Crippen LogP contribution >= 0.6 is 12.6 Å². The van der Waals surface area contributed by atoms with Crippen molar-refractivity contribution in [1.29, 1.82) is 0 Å². The van der Waals surface area contributed by atoms with Gasteiger partial charge in [0, 0.05) is 17.7 Å². The van der Waals surface area contributed by atoms with Gasteiger partial charge < -0.3 is 43.4 Å². The Hall–Kier alpha value is -4.34. The fraction of sp³-hybridized carbons (Fsp3) is 0.658. The van der Waals surface area contributed by atoms with Crippen LogP contribution in [0, 0.1) is 17.8 Å². The van der Waals surface area contributed by atoms with Crippen molar-refractivity contribution in [3.05, 3.63) is 35.9 Å². The number of carbonyl (C=O) groups is 6. The lowest BCUT2D eigenvalue weighted by atomic mass is 9.93. The lowest BCUT2D eigenvalue weighted by molar-refractivity contribution is -0.138. The maximum absolute atomic E-state index is 14.2. The van der Waals surface area contributed by atoms with Crippen LogP contribution in [-0.2, 0) is 35.2 Å². The van der Waals surface area contributed by atoms with Crippen LogP contribution in [0.25, 0.3) is 0 Å². The number of rotatable bonds is 13. The summed E-state index contributed by atoms with van der Waals surface area (Å²) in [6.45, 7) is 14.6. The molecule has 1 aliphatic rings. The van der Waals surface area contributed by atoms with E-state index < -0.39 is 76.4 Å². The van der Waals surface area contributed by atoms with Crippen LogP contribution in [0.1, 0.15) is 93.1 Å². The molecule has 1 aromatic rings. The van der Waals surface area contributed by atoms with Crippen molar-refractivity contribution >= 4 is 54.0 Å². The number of nitrogens with zero attached hydrogens (tertiary/aromatic N) is 1. The molecule has 54 heavy (non-hydrogen) atoms. The van der Waals surface area contributed by atoms with Gasteiger partial charge in [-0.05, 0) is 56.4 Å². The molecule has 15 nitrogen and oxygen atoms in total. The second-order valence-electron chi connectivity index (χ2n) is 15.3. The minimum Gasteiger partial charge on any atom is -0.370 e. The van der Waals surface area contributed by atoms with Crippen LogP contribution in [0.3, 0.4) is 0 Å². The monoisotopic (exact) mass is 773 g/mol. The molecule has 0 aliphatic carbocycles. The number of aliphatic imine (C=N–C) groups is 1. The van der Waals surface area contributed by atoms with Crippen molar-refractivity contribution in [2.45, 2.75) is 135 Å². The number of guanidine groups is 1. The first-order valence-corrected chi connectivity index (χ1v) is 19.4. The normalized spacial score (nSPS) is 25.1. The molecular weight excluding hydrogens is 711 g/mol. The number of benzene rings is 1. The van der Waals surface area contributed by atoms with Crippen LogP contribution in [0.4, 0.5) is 0 Å². The maximum atomic E-state index is 14.2. The van der Waals surface area contributed by atoms with Gasteiger partial charge in [-0.25, -0.2) is 0 Å². The molecule has 10 N–H and O–H groups in total. The number of amides is 6. The van der Waals surface area contributed by atoms with Crippen LogP contribution in [0.2, 0.25) is 0 Å². The van der Waals surface area contributed by atoms with E-state index in [1.165, 1.54) is 0 Å². The Morgan fingerprint density at radius 1 is 0.704 bits per heavy atom. The number of thiol groups is 1. The zero-order valence-corrected chi connectivity index (χ0v) is 33.9. The van der Waals surface area contributed by atoms with Crippen molar-refractivity contribution in [2.75, 3.05) is 6.54 Å². The van der Waals surface area contributed by atoms with Gasteiger partial charge in [0.2, 0.25) is 35.4 Å². The molecule has 16 heteroatoms. The lowest BCUT2D eigenvalue weighted by Gasteiger charge is -2.34. The molecule has 1 heterocycles. The molecule has 2 rings (SSSR count). The van der Waals surface area contributed by atoms with Crippen LogP contribution < -0.4 is 43.4 Å². The van der Waals surface area contributed by atoms with Crippen LogP contribution in [0.15, 0.2) is 35.3 Å². The molecule has 1 fully saturated rings. The van der Waals surface area contributed by atoms with Crippen LogP contribution in [0.5, 0.6) is 0 Å². The van der Waals surface area contributed by atoms with E-state index in [9.17, 15) is 28.8 Å². The number of nitrogens with two attached hydrogens (primary N) is 2. The third-order valence-electron chi connectivity index (χ3n) is 9.68. The summed E-state index contributed by atoms with van der Waals surface area (Å²) in [5.74, 6) is -4.66. The number of carbonyl (C=O) groups excluding carboxylic acids is 6. The minimum absolute atomic E-state index is 0.0448. The first-order chi connectivity index (χ1) is 25.3. The Morgan fingerprint density at radius 3 is 1.70 bits per heavy atom. The predicted molar refractivity (Wildman–Crippen MR) is 213 cm³/mol. The Balaban J connectivity index is 2.74. The third kappa shape index (κ3) is 14.5. The molecule has 1 aromatic carbocycles. The van der Waals surface area contributed by atoms with E-state index in [1.807, 2.05) is 59.7 Å². The summed E-state index contributed by atoms with van der Waals surface area (Å²) >= 11 is 4.64. The number of hydrogen-bond acceptors (Lipinski definition) is 8. The SMILES string of the molecule is CC[C@H](C)[C@@H]1NC(=O)[C@H](CC(C)C)NC(=O)[C@H](CCCN=C(N)N)NC(=O)[C@H](C(C)(C)S)NC(=O)[C@H](Cc2ccccc2)NC(=O)[C@H]([C@@H](C)CC)NC1=O. The molecule has 6 amide bonds. The van der Waals surface area contributed by atoms with Crippen LogP contribution in [-0.4, -0.2) is 88.9 Å². The van der Waals surface area contributed by atoms with E-state index in [1.54, 1.807) is 26.0 Å². The van der Waals surface area contributed by atoms with Gasteiger partial charge in [0.05, 0.1) is 0 Å². The Morgan fingerprint density at radius 2 is 1.19 bits per heavy atom. The molecule has 0 saturated carbocycles. The topological polar surface area (TPSA) is 239 Å². The number of hydrogen-bond donors (Lipinski definition) is 9. The van der Waals surface area contributed by atoms with E-state index in [0.29, 0.717) is 12.8 Å². The van der Waals surface area contributed by atoms with Gasteiger partial charge >= 0.3 is 0 Å². The summed E-state index contributed by atoms with van der Waals surface area (Å²) in [6.07, 6.45) is 1.70. The summed E-state index contributed by atoms with van der Waals surface area (Å²) in [6, 6.07) is 2.23. The second kappa shape index (κ2) is 21.5. The quantitative estimate of drug-likeness (QED) is 0.0607. The molecular formula is C38H63N9O6S. The first-order valence-electron chi connectivity index (χ1n) is 18.9. The van der Waals surface area contributed by atoms with Gasteiger partial charge in [0.25, 0.3) is 0 Å². The molecule has 0 radical (unpaired) electrons. The summed E-state index contributed by atoms with van der Waals surface area (Å²) in [4.78, 5) is 88.3. The highest BCUT2D eigenvalue weighted by molar-refractivity contribution is 7.81. The van der Waals surface area contributed by atoms with Gasteiger partial charge in [-0.3, -0.25) is 33.8 Å². The Kier molecular flexibility index (Phi) is 18.3. The van der Waals surface area contributed by atoms with Gasteiger partial charge in [0.15, 0.2) is 5.96 Å². The van der Waals surface area contributed by atoms with E-state index in [0.717, 1.165) is 5.56 Å². The summed E-state index contributed by atoms with van der Waals surface area (Å²) in [5.41, 5.74) is 11.7. The van der Waals surface area contributed by atoms with E-state index in [2.05, 4.69) is 49.5 Å². The van der Waals surface area contributed by atoms with Crippen molar-refractivity contribution in [2.24, 2.45) is 34.2 Å². The van der Waals surface area contributed by atoms with Gasteiger partial charge in [-0.1, -0.05) is 84.7 Å². The first kappa shape index (κ1) is 45.8. The molecule has 1 saturated heterocycles. The zero-order chi connectivity index (χ0) is 40.7. The third-order valence-corrected chi connectivity index (χ3v) is 9.93. The van der Waals surface area contributed by atoms with Crippen molar-refractivity contribution in [3.8, 4) is 0 Å². The number of nitrogens with one attached hydrogen (secondary N) is 6. The Bertz CT molecular complexity index is 1460. The molecule has 0 aromatic heterocycles. The van der Waals surface area contributed by atoms with E-state index in [-0.39, 0.29) is 55.9 Å². The van der Waals surface area contributed by atoms with Crippen molar-refractivity contribution in [1.82, 2.24) is 31.9 Å². The highest BCUT2D eigenvalue weighted by Crippen LogP contribution is 2.20. The zero-order valence-electron chi connectivity index (χ0n) is 33.0. The highest BCUT2D eigenvalue weighted by Gasteiger charge is 2.40. The largest absolute Gasteiger partial charge is 0.370 e. The van der Waals surface area contributed by atoms with Crippen molar-refractivity contribution < 1.29 is 28.8 Å². The molecule has 0 unspecified atom stereocenters. The average molecular weight is 774 g/mol. The summed E-state index contributed by atoms with van der Waals surface area (Å²) in [5, 5.41) is 16.9. The smallest absolute Gasteiger partial charge is 0.244 e.